The number of aliphatic carboxylic acids is 1. The average Bonchev–Trinajstić information content (AvgIpc) is 3.36. The predicted octanol–water partition coefficient (Wildman–Crippen LogP) is 3.38. The van der Waals surface area contributed by atoms with Crippen molar-refractivity contribution in [3.63, 3.8) is 0 Å². The van der Waals surface area contributed by atoms with E-state index >= 15 is 0 Å². The maximum Gasteiger partial charge on any atom is 0.304 e. The fourth-order valence-corrected chi connectivity index (χ4v) is 3.76. The summed E-state index contributed by atoms with van der Waals surface area (Å²) in [5.74, 6) is 2.45. The van der Waals surface area contributed by atoms with Crippen molar-refractivity contribution in [2.24, 2.45) is 17.8 Å². The second-order valence-corrected chi connectivity index (χ2v) is 7.33. The molecule has 1 amide bonds. The lowest BCUT2D eigenvalue weighted by atomic mass is 10.2. The molecule has 2 unspecified atom stereocenters. The Morgan fingerprint density at radius 3 is 2.86 bits per heavy atom. The molecule has 0 bridgehead atoms. The number of nitrogens with one attached hydrogen (secondary N) is 1. The molecule has 0 aliphatic heterocycles. The van der Waals surface area contributed by atoms with Gasteiger partial charge in [-0.25, -0.2) is 0 Å². The molecule has 2 N–H and O–H groups in total. The fourth-order valence-electron chi connectivity index (χ4n) is 2.88. The number of carboxylic acid groups (broad SMARTS) is 1. The highest BCUT2D eigenvalue weighted by Gasteiger charge is 2.51. The summed E-state index contributed by atoms with van der Waals surface area (Å²) in [5.41, 5.74) is 1.96. The number of carbonyl (C=O) groups is 2. The number of amides is 1. The van der Waals surface area contributed by atoms with Crippen molar-refractivity contribution in [2.45, 2.75) is 31.4 Å². The molecule has 0 spiro atoms. The van der Waals surface area contributed by atoms with Crippen LogP contribution in [-0.4, -0.2) is 22.7 Å². The van der Waals surface area contributed by atoms with E-state index in [1.54, 1.807) is 11.8 Å². The number of hydrogen-bond acceptors (Lipinski definition) is 3. The van der Waals surface area contributed by atoms with Crippen LogP contribution in [0.1, 0.15) is 31.2 Å². The lowest BCUT2D eigenvalue weighted by molar-refractivity contribution is -0.136. The molecule has 2 fully saturated rings. The molecular formula is C17H21NO3S. The fraction of sp³-hybridized carbons (Fsp3) is 0.529. The minimum atomic E-state index is -0.761. The van der Waals surface area contributed by atoms with Gasteiger partial charge in [-0.3, -0.25) is 9.59 Å². The van der Waals surface area contributed by atoms with E-state index in [0.717, 1.165) is 29.3 Å². The monoisotopic (exact) mass is 319 g/mol. The highest BCUT2D eigenvalue weighted by atomic mass is 32.2. The molecule has 0 heterocycles. The Labute approximate surface area is 134 Å². The van der Waals surface area contributed by atoms with Crippen molar-refractivity contribution < 1.29 is 14.7 Å². The van der Waals surface area contributed by atoms with Gasteiger partial charge in [0.25, 0.3) is 0 Å². The molecule has 1 aromatic rings. The first-order valence-corrected chi connectivity index (χ1v) is 8.98. The highest BCUT2D eigenvalue weighted by molar-refractivity contribution is 7.98. The zero-order valence-electron chi connectivity index (χ0n) is 12.5. The van der Waals surface area contributed by atoms with E-state index in [0.29, 0.717) is 11.7 Å². The van der Waals surface area contributed by atoms with Crippen LogP contribution in [0.25, 0.3) is 0 Å². The van der Waals surface area contributed by atoms with Gasteiger partial charge < -0.3 is 10.4 Å². The molecule has 1 aromatic carbocycles. The van der Waals surface area contributed by atoms with Crippen molar-refractivity contribution in [1.29, 1.82) is 0 Å². The summed E-state index contributed by atoms with van der Waals surface area (Å²) in [6.45, 7) is 0. The van der Waals surface area contributed by atoms with Crippen molar-refractivity contribution >= 4 is 29.3 Å². The highest BCUT2D eigenvalue weighted by Crippen LogP contribution is 2.54. The topological polar surface area (TPSA) is 66.4 Å². The summed E-state index contributed by atoms with van der Waals surface area (Å²) in [4.78, 5) is 22.7. The van der Waals surface area contributed by atoms with Gasteiger partial charge in [-0.15, -0.1) is 0 Å². The van der Waals surface area contributed by atoms with E-state index < -0.39 is 5.97 Å². The molecule has 118 valence electrons. The minimum absolute atomic E-state index is 0.160. The quantitative estimate of drug-likeness (QED) is 0.721. The summed E-state index contributed by atoms with van der Waals surface area (Å²) in [6, 6.07) is 7.85. The minimum Gasteiger partial charge on any atom is -0.481 e. The maximum absolute atomic E-state index is 12.2. The number of carbonyl (C=O) groups excluding carboxylic acids is 1. The van der Waals surface area contributed by atoms with E-state index in [1.807, 2.05) is 24.3 Å². The molecule has 22 heavy (non-hydrogen) atoms. The van der Waals surface area contributed by atoms with Gasteiger partial charge in [-0.2, -0.15) is 11.8 Å². The second-order valence-electron chi connectivity index (χ2n) is 6.23. The molecule has 2 aliphatic carbocycles. The summed E-state index contributed by atoms with van der Waals surface area (Å²) in [6.07, 6.45) is 3.85. The van der Waals surface area contributed by atoms with Crippen LogP contribution in [-0.2, 0) is 15.3 Å². The van der Waals surface area contributed by atoms with Crippen molar-refractivity contribution in [3.05, 3.63) is 29.8 Å². The average molecular weight is 319 g/mol. The third kappa shape index (κ3) is 4.26. The first-order valence-electron chi connectivity index (χ1n) is 7.83. The third-order valence-corrected chi connectivity index (χ3v) is 5.36. The summed E-state index contributed by atoms with van der Waals surface area (Å²) >= 11 is 1.60. The second kappa shape index (κ2) is 6.73. The normalized spacial score (nSPS) is 23.1. The number of benzene rings is 1. The van der Waals surface area contributed by atoms with Crippen LogP contribution in [0.4, 0.5) is 5.69 Å². The van der Waals surface area contributed by atoms with Crippen LogP contribution in [0.15, 0.2) is 24.3 Å². The zero-order valence-corrected chi connectivity index (χ0v) is 13.3. The summed E-state index contributed by atoms with van der Waals surface area (Å²) in [7, 11) is 0. The maximum atomic E-state index is 12.2. The van der Waals surface area contributed by atoms with Gasteiger partial charge in [0.2, 0.25) is 5.91 Å². The molecule has 0 radical (unpaired) electrons. The first kappa shape index (κ1) is 15.4. The van der Waals surface area contributed by atoms with Crippen molar-refractivity contribution in [2.75, 3.05) is 11.1 Å². The molecule has 2 saturated carbocycles. The van der Waals surface area contributed by atoms with Crippen LogP contribution < -0.4 is 5.32 Å². The number of thioether (sulfide) groups is 1. The smallest absolute Gasteiger partial charge is 0.304 e. The van der Waals surface area contributed by atoms with Crippen molar-refractivity contribution in [3.8, 4) is 0 Å². The van der Waals surface area contributed by atoms with Gasteiger partial charge in [0.1, 0.15) is 0 Å². The van der Waals surface area contributed by atoms with E-state index in [4.69, 9.17) is 5.11 Å². The molecule has 0 saturated heterocycles. The van der Waals surface area contributed by atoms with Gasteiger partial charge in [-0.05, 0) is 48.8 Å². The molecule has 2 atom stereocenters. The Morgan fingerprint density at radius 2 is 2.14 bits per heavy atom. The Balaban J connectivity index is 1.46. The third-order valence-electron chi connectivity index (χ3n) is 4.33. The Bertz CT molecular complexity index is 571. The zero-order chi connectivity index (χ0) is 15.5. The first-order chi connectivity index (χ1) is 10.6. The lowest BCUT2D eigenvalue weighted by Gasteiger charge is -2.07. The van der Waals surface area contributed by atoms with Crippen LogP contribution in [0, 0.1) is 17.8 Å². The number of carboxylic acids is 1. The standard InChI is InChI=1S/C17H21NO3S/c19-16(20)6-7-22-10-11-2-1-3-13(8-11)18-17(21)15-9-14(15)12-4-5-12/h1-3,8,12,14-15H,4-7,9-10H2,(H,18,21)(H,19,20). The van der Waals surface area contributed by atoms with E-state index in [2.05, 4.69) is 5.32 Å². The summed E-state index contributed by atoms with van der Waals surface area (Å²) in [5, 5.41) is 11.6. The Hall–Kier alpha value is -1.49. The molecule has 2 aliphatic rings. The van der Waals surface area contributed by atoms with Gasteiger partial charge in [-0.1, -0.05) is 12.1 Å². The van der Waals surface area contributed by atoms with Gasteiger partial charge in [0.05, 0.1) is 6.42 Å². The van der Waals surface area contributed by atoms with E-state index in [-0.39, 0.29) is 18.2 Å². The van der Waals surface area contributed by atoms with Crippen LogP contribution in [0.5, 0.6) is 0 Å². The van der Waals surface area contributed by atoms with Gasteiger partial charge in [0, 0.05) is 23.1 Å². The van der Waals surface area contributed by atoms with Crippen LogP contribution >= 0.6 is 11.8 Å². The van der Waals surface area contributed by atoms with E-state index in [9.17, 15) is 9.59 Å². The molecule has 0 aromatic heterocycles. The van der Waals surface area contributed by atoms with E-state index in [1.165, 1.54) is 12.8 Å². The SMILES string of the molecule is O=C(O)CCSCc1cccc(NC(=O)C2CC2C2CC2)c1. The number of rotatable bonds is 8. The summed E-state index contributed by atoms with van der Waals surface area (Å²) < 4.78 is 0. The van der Waals surface area contributed by atoms with Gasteiger partial charge >= 0.3 is 5.97 Å². The number of hydrogen-bond donors (Lipinski definition) is 2. The molecular weight excluding hydrogens is 298 g/mol. The van der Waals surface area contributed by atoms with Crippen LogP contribution in [0.2, 0.25) is 0 Å². The van der Waals surface area contributed by atoms with Crippen LogP contribution in [0.3, 0.4) is 0 Å². The largest absolute Gasteiger partial charge is 0.481 e. The molecule has 4 nitrogen and oxygen atoms in total. The van der Waals surface area contributed by atoms with Gasteiger partial charge in [0.15, 0.2) is 0 Å². The molecule has 5 heteroatoms. The Morgan fingerprint density at radius 1 is 1.32 bits per heavy atom. The Kier molecular flexibility index (Phi) is 4.71. The number of anilines is 1. The molecule has 3 rings (SSSR count). The van der Waals surface area contributed by atoms with Crippen molar-refractivity contribution in [1.82, 2.24) is 0 Å². The predicted molar refractivity (Wildman–Crippen MR) is 87.8 cm³/mol. The lowest BCUT2D eigenvalue weighted by Crippen LogP contribution is -2.15.